The number of hydrogen-bond acceptors (Lipinski definition) is 4. The number of rotatable bonds is 9. The summed E-state index contributed by atoms with van der Waals surface area (Å²) in [5.74, 6) is -0.961. The normalized spacial score (nSPS) is 15.8. The lowest BCUT2D eigenvalue weighted by molar-refractivity contribution is -0.131. The molecule has 1 aliphatic heterocycles. The van der Waals surface area contributed by atoms with Crippen LogP contribution < -0.4 is 4.90 Å². The van der Waals surface area contributed by atoms with E-state index in [9.17, 15) is 4.79 Å². The molecule has 1 saturated heterocycles. The van der Waals surface area contributed by atoms with Crippen LogP contribution in [0.2, 0.25) is 0 Å². The fraction of sp³-hybridized carbons (Fsp3) is 0.211. The molecule has 1 N–H and O–H groups in total. The highest BCUT2D eigenvalue weighted by Gasteiger charge is 2.20. The van der Waals surface area contributed by atoms with Crippen molar-refractivity contribution >= 4 is 45.5 Å². The Morgan fingerprint density at radius 1 is 0.932 bits per heavy atom. The molecule has 6 heteroatoms. The molecule has 222 valence electrons. The maximum Gasteiger partial charge on any atom is 0.328 e. The standard InChI is InChI=1S/C38H37N3O3/c1-3-34(28-17-20-33(21-18-28)40(2)32-9-5-4-6-10-32)38(29-15-12-27(13-16-29)14-23-37(42)43)30-19-22-35-31(25-30)26-39-41(35)36-11-7-8-24-44-36/h4-6,9-10,12-23,25-26,36H,3,7-8,11,24H2,1-2H3,(H,42,43)/b23-14+,38-34+. The van der Waals surface area contributed by atoms with Crippen molar-refractivity contribution in [3.05, 3.63) is 132 Å². The molecule has 6 rings (SSSR count). The number of aromatic nitrogens is 2. The Bertz CT molecular complexity index is 1800. The quantitative estimate of drug-likeness (QED) is 0.139. The fourth-order valence-corrected chi connectivity index (χ4v) is 6.01. The molecule has 1 aliphatic rings. The average molecular weight is 584 g/mol. The number of anilines is 2. The summed E-state index contributed by atoms with van der Waals surface area (Å²) in [6, 6.07) is 33.8. The second-order valence-corrected chi connectivity index (χ2v) is 11.1. The van der Waals surface area contributed by atoms with E-state index < -0.39 is 5.97 Å². The third kappa shape index (κ3) is 6.21. The van der Waals surface area contributed by atoms with Crippen LogP contribution in [0.15, 0.2) is 109 Å². The number of carboxylic acid groups (broad SMARTS) is 1. The van der Waals surface area contributed by atoms with Gasteiger partial charge in [0, 0.05) is 36.5 Å². The van der Waals surface area contributed by atoms with Gasteiger partial charge in [0.2, 0.25) is 0 Å². The van der Waals surface area contributed by atoms with Crippen LogP contribution in [-0.4, -0.2) is 34.5 Å². The monoisotopic (exact) mass is 583 g/mol. The summed E-state index contributed by atoms with van der Waals surface area (Å²) in [6.45, 7) is 2.97. The zero-order valence-electron chi connectivity index (χ0n) is 25.2. The van der Waals surface area contributed by atoms with Crippen LogP contribution in [0, 0.1) is 0 Å². The number of para-hydroxylation sites is 1. The van der Waals surface area contributed by atoms with Gasteiger partial charge in [0.15, 0.2) is 6.23 Å². The number of ether oxygens (including phenoxy) is 1. The van der Waals surface area contributed by atoms with Gasteiger partial charge in [-0.15, -0.1) is 0 Å². The Hall–Kier alpha value is -4.94. The Kier molecular flexibility index (Phi) is 8.71. The van der Waals surface area contributed by atoms with Crippen molar-refractivity contribution < 1.29 is 14.6 Å². The van der Waals surface area contributed by atoms with E-state index in [-0.39, 0.29) is 6.23 Å². The fourth-order valence-electron chi connectivity index (χ4n) is 6.01. The molecule has 2 heterocycles. The summed E-state index contributed by atoms with van der Waals surface area (Å²) in [5.41, 5.74) is 9.88. The molecular weight excluding hydrogens is 546 g/mol. The number of allylic oxidation sites excluding steroid dienone is 1. The van der Waals surface area contributed by atoms with E-state index in [1.54, 1.807) is 6.08 Å². The van der Waals surface area contributed by atoms with Gasteiger partial charge in [-0.05, 0) is 102 Å². The lowest BCUT2D eigenvalue weighted by atomic mass is 9.87. The zero-order valence-corrected chi connectivity index (χ0v) is 25.2. The minimum absolute atomic E-state index is 0.0211. The molecular formula is C38H37N3O3. The predicted octanol–water partition coefficient (Wildman–Crippen LogP) is 8.97. The SMILES string of the molecule is CC/C(=C(/c1ccc(/C=C/C(=O)O)cc1)c1ccc2c(cnn2C2CCCCO2)c1)c1ccc(N(C)c2ccccc2)cc1. The number of fused-ring (bicyclic) bond motifs is 1. The van der Waals surface area contributed by atoms with Crippen molar-refractivity contribution in [3.63, 3.8) is 0 Å². The van der Waals surface area contributed by atoms with E-state index in [4.69, 9.17) is 14.9 Å². The molecule has 0 spiro atoms. The van der Waals surface area contributed by atoms with E-state index in [1.807, 2.05) is 29.1 Å². The minimum Gasteiger partial charge on any atom is -0.478 e. The third-order valence-corrected chi connectivity index (χ3v) is 8.33. The van der Waals surface area contributed by atoms with E-state index in [0.717, 1.165) is 82.4 Å². The van der Waals surface area contributed by atoms with Crippen molar-refractivity contribution in [2.24, 2.45) is 0 Å². The van der Waals surface area contributed by atoms with Gasteiger partial charge in [-0.1, -0.05) is 67.6 Å². The number of nitrogens with zero attached hydrogens (tertiary/aromatic N) is 3. The first-order valence-corrected chi connectivity index (χ1v) is 15.2. The molecule has 1 aromatic heterocycles. The van der Waals surface area contributed by atoms with Crippen LogP contribution in [-0.2, 0) is 9.53 Å². The molecule has 0 saturated carbocycles. The van der Waals surface area contributed by atoms with Gasteiger partial charge in [-0.3, -0.25) is 0 Å². The molecule has 1 unspecified atom stereocenters. The molecule has 6 nitrogen and oxygen atoms in total. The summed E-state index contributed by atoms with van der Waals surface area (Å²) in [6.07, 6.45) is 8.75. The predicted molar refractivity (Wildman–Crippen MR) is 179 cm³/mol. The van der Waals surface area contributed by atoms with Crippen molar-refractivity contribution in [2.45, 2.75) is 38.8 Å². The van der Waals surface area contributed by atoms with Crippen molar-refractivity contribution in [1.29, 1.82) is 0 Å². The minimum atomic E-state index is -0.961. The Labute approximate surface area is 258 Å². The summed E-state index contributed by atoms with van der Waals surface area (Å²) < 4.78 is 8.06. The molecule has 0 bridgehead atoms. The topological polar surface area (TPSA) is 67.6 Å². The highest BCUT2D eigenvalue weighted by atomic mass is 16.5. The molecule has 0 amide bonds. The number of carboxylic acids is 1. The lowest BCUT2D eigenvalue weighted by Gasteiger charge is -2.23. The number of hydrogen-bond donors (Lipinski definition) is 1. The summed E-state index contributed by atoms with van der Waals surface area (Å²) in [7, 11) is 2.08. The second-order valence-electron chi connectivity index (χ2n) is 11.1. The van der Waals surface area contributed by atoms with Gasteiger partial charge in [0.25, 0.3) is 0 Å². The Morgan fingerprint density at radius 3 is 2.32 bits per heavy atom. The molecule has 4 aromatic carbocycles. The zero-order chi connectivity index (χ0) is 30.5. The highest BCUT2D eigenvalue weighted by molar-refractivity contribution is 6.00. The van der Waals surface area contributed by atoms with Crippen LogP contribution in [0.4, 0.5) is 11.4 Å². The Morgan fingerprint density at radius 2 is 1.64 bits per heavy atom. The molecule has 0 radical (unpaired) electrons. The van der Waals surface area contributed by atoms with Crippen molar-refractivity contribution in [2.75, 3.05) is 18.6 Å². The van der Waals surface area contributed by atoms with Crippen LogP contribution in [0.3, 0.4) is 0 Å². The largest absolute Gasteiger partial charge is 0.478 e. The second kappa shape index (κ2) is 13.1. The number of benzene rings is 4. The highest BCUT2D eigenvalue weighted by Crippen LogP contribution is 2.37. The summed E-state index contributed by atoms with van der Waals surface area (Å²) in [5, 5.41) is 14.9. The first-order chi connectivity index (χ1) is 21.5. The first-order valence-electron chi connectivity index (χ1n) is 15.2. The third-order valence-electron chi connectivity index (χ3n) is 8.33. The molecule has 44 heavy (non-hydrogen) atoms. The van der Waals surface area contributed by atoms with E-state index in [1.165, 1.54) is 11.6 Å². The molecule has 1 atom stereocenters. The van der Waals surface area contributed by atoms with E-state index in [0.29, 0.717) is 0 Å². The molecule has 1 fully saturated rings. The lowest BCUT2D eigenvalue weighted by Crippen LogP contribution is -2.18. The van der Waals surface area contributed by atoms with Crippen molar-refractivity contribution in [1.82, 2.24) is 9.78 Å². The van der Waals surface area contributed by atoms with Gasteiger partial charge in [0.1, 0.15) is 0 Å². The summed E-state index contributed by atoms with van der Waals surface area (Å²) >= 11 is 0. The first kappa shape index (κ1) is 29.1. The average Bonchev–Trinajstić information content (AvgIpc) is 3.50. The van der Waals surface area contributed by atoms with Crippen molar-refractivity contribution in [3.8, 4) is 0 Å². The van der Waals surface area contributed by atoms with E-state index >= 15 is 0 Å². The summed E-state index contributed by atoms with van der Waals surface area (Å²) in [4.78, 5) is 13.2. The van der Waals surface area contributed by atoms with Gasteiger partial charge >= 0.3 is 5.97 Å². The smallest absolute Gasteiger partial charge is 0.328 e. The van der Waals surface area contributed by atoms with Gasteiger partial charge in [-0.2, -0.15) is 5.10 Å². The molecule has 0 aliphatic carbocycles. The van der Waals surface area contributed by atoms with Gasteiger partial charge in [0.05, 0.1) is 11.7 Å². The molecule has 5 aromatic rings. The van der Waals surface area contributed by atoms with Crippen LogP contribution >= 0.6 is 0 Å². The van der Waals surface area contributed by atoms with Gasteiger partial charge < -0.3 is 14.7 Å². The number of aliphatic carboxylic acids is 1. The van der Waals surface area contributed by atoms with Crippen LogP contribution in [0.1, 0.15) is 61.1 Å². The van der Waals surface area contributed by atoms with Crippen LogP contribution in [0.25, 0.3) is 28.1 Å². The number of carbonyl (C=O) groups is 1. The van der Waals surface area contributed by atoms with E-state index in [2.05, 4.69) is 97.7 Å². The van der Waals surface area contributed by atoms with Gasteiger partial charge in [-0.25, -0.2) is 9.48 Å². The Balaban J connectivity index is 1.43. The van der Waals surface area contributed by atoms with Crippen LogP contribution in [0.5, 0.6) is 0 Å². The maximum absolute atomic E-state index is 11.1. The maximum atomic E-state index is 11.1.